The van der Waals surface area contributed by atoms with E-state index in [2.05, 4.69) is 44.0 Å². The van der Waals surface area contributed by atoms with Crippen molar-refractivity contribution in [2.45, 2.75) is 33.8 Å². The minimum absolute atomic E-state index is 0.423. The maximum absolute atomic E-state index is 6.24. The Morgan fingerprint density at radius 2 is 1.68 bits per heavy atom. The van der Waals surface area contributed by atoms with Crippen molar-refractivity contribution in [1.82, 2.24) is 4.90 Å². The molecule has 3 saturated heterocycles. The van der Waals surface area contributed by atoms with Gasteiger partial charge in [-0.15, -0.1) is 0 Å². The molecule has 3 heterocycles. The summed E-state index contributed by atoms with van der Waals surface area (Å²) < 4.78 is 7.82. The second-order valence-electron chi connectivity index (χ2n) is 7.07. The molecule has 0 amide bonds. The van der Waals surface area contributed by atoms with Gasteiger partial charge in [-0.3, -0.25) is 0 Å². The van der Waals surface area contributed by atoms with Gasteiger partial charge < -0.3 is 0 Å². The van der Waals surface area contributed by atoms with Crippen molar-refractivity contribution in [2.24, 2.45) is 5.92 Å². The predicted octanol–water partition coefficient (Wildman–Crippen LogP) is 2.70. The Labute approximate surface area is 121 Å². The number of fused-ring (bicyclic) bond motifs is 3. The average molecular weight is 366 g/mol. The number of ether oxygens (including phenoxy) is 1. The molecular formula is C16H25NOSn. The number of piperidine rings is 3. The number of rotatable bonds is 3. The Bertz CT molecular complexity index is 429. The van der Waals surface area contributed by atoms with Crippen LogP contribution in [0, 0.1) is 5.92 Å². The van der Waals surface area contributed by atoms with Crippen LogP contribution in [0.4, 0.5) is 0 Å². The number of benzene rings is 1. The quantitative estimate of drug-likeness (QED) is 0.763. The van der Waals surface area contributed by atoms with Crippen LogP contribution in [0.15, 0.2) is 24.3 Å². The van der Waals surface area contributed by atoms with Crippen LogP contribution in [-0.4, -0.2) is 49.0 Å². The standard InChI is InChI=1S/C13H16NO.3CH3.Sn/c1-2-4-12(5-3-1)15-13-10-14-8-6-11(13)7-9-14;;;;/h2-5,11,13H,6-10H2;3*1H3;. The second kappa shape index (κ2) is 5.28. The number of nitrogens with zero attached hydrogens (tertiary/aromatic N) is 1. The van der Waals surface area contributed by atoms with Crippen molar-refractivity contribution in [3.8, 4) is 5.75 Å². The van der Waals surface area contributed by atoms with Crippen LogP contribution in [0.2, 0.25) is 14.8 Å². The molecule has 3 fully saturated rings. The molecular weight excluding hydrogens is 341 g/mol. The van der Waals surface area contributed by atoms with Gasteiger partial charge >= 0.3 is 121 Å². The molecule has 0 radical (unpaired) electrons. The molecule has 3 aliphatic rings. The third kappa shape index (κ3) is 3.10. The zero-order chi connectivity index (χ0) is 13.5. The molecule has 0 N–H and O–H groups in total. The first-order valence-electron chi connectivity index (χ1n) is 7.52. The van der Waals surface area contributed by atoms with E-state index in [0.717, 1.165) is 18.2 Å². The SMILES string of the molecule is [CH3][Sn]([CH3])([CH3])[c]1ccc(OC2CN3CCC2CC3)cc1. The summed E-state index contributed by atoms with van der Waals surface area (Å²) in [7, 11) is 0. The van der Waals surface area contributed by atoms with Crippen molar-refractivity contribution < 1.29 is 4.74 Å². The Kier molecular flexibility index (Phi) is 3.82. The van der Waals surface area contributed by atoms with Gasteiger partial charge in [-0.05, 0) is 0 Å². The van der Waals surface area contributed by atoms with Crippen molar-refractivity contribution in [3.05, 3.63) is 24.3 Å². The van der Waals surface area contributed by atoms with Gasteiger partial charge in [-0.2, -0.15) is 0 Å². The zero-order valence-electron chi connectivity index (χ0n) is 12.4. The van der Waals surface area contributed by atoms with Crippen LogP contribution in [-0.2, 0) is 0 Å². The summed E-state index contributed by atoms with van der Waals surface area (Å²) in [5, 5.41) is 0. The summed E-state index contributed by atoms with van der Waals surface area (Å²) in [6, 6.07) is 8.98. The van der Waals surface area contributed by atoms with Gasteiger partial charge in [0.1, 0.15) is 0 Å². The monoisotopic (exact) mass is 367 g/mol. The van der Waals surface area contributed by atoms with Gasteiger partial charge in [0.2, 0.25) is 0 Å². The fourth-order valence-electron chi connectivity index (χ4n) is 3.25. The normalized spacial score (nSPS) is 30.4. The molecule has 1 aromatic carbocycles. The van der Waals surface area contributed by atoms with E-state index < -0.39 is 18.4 Å². The molecule has 0 saturated carbocycles. The first-order valence-corrected chi connectivity index (χ1v) is 17.5. The third-order valence-electron chi connectivity index (χ3n) is 4.60. The number of hydrogen-bond donors (Lipinski definition) is 0. The van der Waals surface area contributed by atoms with E-state index in [1.165, 1.54) is 25.9 Å². The summed E-state index contributed by atoms with van der Waals surface area (Å²) in [5.41, 5.74) is 0. The Morgan fingerprint density at radius 3 is 2.16 bits per heavy atom. The molecule has 2 bridgehead atoms. The Morgan fingerprint density at radius 1 is 1.05 bits per heavy atom. The Balaban J connectivity index is 1.67. The van der Waals surface area contributed by atoms with E-state index in [1.54, 1.807) is 3.58 Å². The Hall–Kier alpha value is -0.221. The van der Waals surface area contributed by atoms with E-state index in [0.29, 0.717) is 6.10 Å². The molecule has 3 heteroatoms. The molecule has 0 spiro atoms. The molecule has 4 rings (SSSR count). The van der Waals surface area contributed by atoms with Crippen LogP contribution in [0.5, 0.6) is 5.75 Å². The van der Waals surface area contributed by atoms with E-state index in [-0.39, 0.29) is 0 Å². The molecule has 1 atom stereocenters. The zero-order valence-corrected chi connectivity index (χ0v) is 15.2. The summed E-state index contributed by atoms with van der Waals surface area (Å²) in [5.74, 6) is 1.85. The van der Waals surface area contributed by atoms with Crippen molar-refractivity contribution >= 4 is 22.0 Å². The van der Waals surface area contributed by atoms with Crippen LogP contribution in [0.25, 0.3) is 0 Å². The minimum atomic E-state index is -1.90. The van der Waals surface area contributed by atoms with Gasteiger partial charge in [0.25, 0.3) is 0 Å². The van der Waals surface area contributed by atoms with Crippen LogP contribution >= 0.6 is 0 Å². The molecule has 3 aliphatic heterocycles. The van der Waals surface area contributed by atoms with E-state index in [9.17, 15) is 0 Å². The van der Waals surface area contributed by atoms with Gasteiger partial charge in [0, 0.05) is 0 Å². The summed E-state index contributed by atoms with van der Waals surface area (Å²) in [6.07, 6.45) is 3.06. The van der Waals surface area contributed by atoms with E-state index in [4.69, 9.17) is 4.74 Å². The summed E-state index contributed by atoms with van der Waals surface area (Å²) in [4.78, 5) is 9.92. The van der Waals surface area contributed by atoms with Gasteiger partial charge in [0.05, 0.1) is 0 Å². The first kappa shape index (κ1) is 13.7. The topological polar surface area (TPSA) is 12.5 Å². The molecule has 0 aliphatic carbocycles. The number of hydrogen-bond acceptors (Lipinski definition) is 2. The van der Waals surface area contributed by atoms with E-state index >= 15 is 0 Å². The van der Waals surface area contributed by atoms with Crippen LogP contribution in [0.3, 0.4) is 0 Å². The molecule has 0 aromatic heterocycles. The van der Waals surface area contributed by atoms with Crippen molar-refractivity contribution in [2.75, 3.05) is 19.6 Å². The molecule has 1 unspecified atom stereocenters. The summed E-state index contributed by atoms with van der Waals surface area (Å²) in [6.45, 7) is 3.69. The molecule has 19 heavy (non-hydrogen) atoms. The molecule has 2 nitrogen and oxygen atoms in total. The van der Waals surface area contributed by atoms with Gasteiger partial charge in [0.15, 0.2) is 0 Å². The fourth-order valence-corrected chi connectivity index (χ4v) is 6.58. The van der Waals surface area contributed by atoms with Gasteiger partial charge in [-0.1, -0.05) is 0 Å². The van der Waals surface area contributed by atoms with Gasteiger partial charge in [-0.25, -0.2) is 0 Å². The molecule has 1 aromatic rings. The summed E-state index contributed by atoms with van der Waals surface area (Å²) >= 11 is -1.90. The molecule has 104 valence electrons. The van der Waals surface area contributed by atoms with E-state index in [1.807, 2.05) is 0 Å². The van der Waals surface area contributed by atoms with Crippen molar-refractivity contribution in [3.63, 3.8) is 0 Å². The van der Waals surface area contributed by atoms with Crippen molar-refractivity contribution in [1.29, 1.82) is 0 Å². The maximum atomic E-state index is 6.24. The van der Waals surface area contributed by atoms with Crippen LogP contribution in [0.1, 0.15) is 12.8 Å². The third-order valence-corrected chi connectivity index (χ3v) is 10.5. The predicted molar refractivity (Wildman–Crippen MR) is 83.0 cm³/mol. The average Bonchev–Trinajstić information content (AvgIpc) is 2.40. The van der Waals surface area contributed by atoms with Crippen LogP contribution < -0.4 is 8.32 Å². The second-order valence-corrected chi connectivity index (χ2v) is 21.6. The first-order chi connectivity index (χ1) is 9.02. The fraction of sp³-hybridized carbons (Fsp3) is 0.625.